The highest BCUT2D eigenvalue weighted by Gasteiger charge is 2.45. The fourth-order valence-electron chi connectivity index (χ4n) is 1.69. The van der Waals surface area contributed by atoms with Crippen LogP contribution in [0.4, 0.5) is 0 Å². The van der Waals surface area contributed by atoms with Gasteiger partial charge in [-0.05, 0) is 12.8 Å². The number of rotatable bonds is 0. The van der Waals surface area contributed by atoms with Crippen LogP contribution < -0.4 is 10.6 Å². The van der Waals surface area contributed by atoms with Crippen LogP contribution in [-0.4, -0.2) is 25.5 Å². The van der Waals surface area contributed by atoms with Crippen molar-refractivity contribution in [1.29, 1.82) is 0 Å². The Morgan fingerprint density at radius 3 is 2.45 bits per heavy atom. The normalized spacial score (nSPS) is 26.7. The molecule has 0 atom stereocenters. The van der Waals surface area contributed by atoms with Gasteiger partial charge in [-0.15, -0.1) is 12.4 Å². The minimum absolute atomic E-state index is 0. The monoisotopic (exact) mass is 176 g/mol. The number of carbonyl (C=O) groups is 1. The van der Waals surface area contributed by atoms with E-state index in [0.717, 1.165) is 32.5 Å². The van der Waals surface area contributed by atoms with Gasteiger partial charge in [-0.1, -0.05) is 0 Å². The van der Waals surface area contributed by atoms with Crippen molar-refractivity contribution in [1.82, 2.24) is 10.6 Å². The van der Waals surface area contributed by atoms with E-state index in [1.807, 2.05) is 0 Å². The Balaban J connectivity index is 0.000000605. The Labute approximate surface area is 72.3 Å². The molecule has 0 aliphatic carbocycles. The van der Waals surface area contributed by atoms with Gasteiger partial charge in [-0.2, -0.15) is 0 Å². The molecule has 3 nitrogen and oxygen atoms in total. The second kappa shape index (κ2) is 2.99. The molecule has 0 aromatic carbocycles. The van der Waals surface area contributed by atoms with Crippen molar-refractivity contribution in [3.05, 3.63) is 0 Å². The number of carbonyl (C=O) groups excluding carboxylic acids is 1. The highest BCUT2D eigenvalue weighted by atomic mass is 35.5. The summed E-state index contributed by atoms with van der Waals surface area (Å²) in [5, 5.41) is 6.04. The van der Waals surface area contributed by atoms with E-state index in [-0.39, 0.29) is 23.7 Å². The SMILES string of the molecule is Cl.O=C1NCCCC12CNC2. The molecule has 0 bridgehead atoms. The highest BCUT2D eigenvalue weighted by molar-refractivity contribution is 5.85. The van der Waals surface area contributed by atoms with Gasteiger partial charge in [-0.25, -0.2) is 0 Å². The van der Waals surface area contributed by atoms with Gasteiger partial charge < -0.3 is 10.6 Å². The van der Waals surface area contributed by atoms with Crippen LogP contribution in [0.1, 0.15) is 12.8 Å². The topological polar surface area (TPSA) is 41.1 Å². The Morgan fingerprint density at radius 1 is 1.36 bits per heavy atom. The van der Waals surface area contributed by atoms with Gasteiger partial charge in [0.15, 0.2) is 0 Å². The number of hydrogen-bond acceptors (Lipinski definition) is 2. The molecular weight excluding hydrogens is 164 g/mol. The van der Waals surface area contributed by atoms with E-state index >= 15 is 0 Å². The second-order valence-corrected chi connectivity index (χ2v) is 3.24. The van der Waals surface area contributed by atoms with Crippen molar-refractivity contribution in [3.8, 4) is 0 Å². The zero-order chi connectivity index (χ0) is 7.03. The third-order valence-electron chi connectivity index (χ3n) is 2.53. The summed E-state index contributed by atoms with van der Waals surface area (Å²) >= 11 is 0. The lowest BCUT2D eigenvalue weighted by Crippen LogP contribution is -2.63. The van der Waals surface area contributed by atoms with Gasteiger partial charge in [0.25, 0.3) is 0 Å². The molecule has 2 saturated heterocycles. The number of piperidine rings is 1. The van der Waals surface area contributed by atoms with Crippen molar-refractivity contribution < 1.29 is 4.79 Å². The lowest BCUT2D eigenvalue weighted by molar-refractivity contribution is -0.136. The van der Waals surface area contributed by atoms with Crippen molar-refractivity contribution >= 4 is 18.3 Å². The predicted octanol–water partition coefficient (Wildman–Crippen LogP) is -0.0922. The smallest absolute Gasteiger partial charge is 0.228 e. The molecular formula is C7H13ClN2O. The van der Waals surface area contributed by atoms with E-state index in [0.29, 0.717) is 0 Å². The van der Waals surface area contributed by atoms with Crippen LogP contribution in [0.25, 0.3) is 0 Å². The molecule has 0 aromatic rings. The molecule has 0 radical (unpaired) electrons. The number of amides is 1. The van der Waals surface area contributed by atoms with E-state index in [9.17, 15) is 4.79 Å². The first-order valence-corrected chi connectivity index (χ1v) is 3.83. The van der Waals surface area contributed by atoms with Crippen LogP contribution in [0.2, 0.25) is 0 Å². The third-order valence-corrected chi connectivity index (χ3v) is 2.53. The van der Waals surface area contributed by atoms with Gasteiger partial charge in [0.2, 0.25) is 5.91 Å². The van der Waals surface area contributed by atoms with Crippen LogP contribution in [0.5, 0.6) is 0 Å². The summed E-state index contributed by atoms with van der Waals surface area (Å²) in [4.78, 5) is 11.2. The van der Waals surface area contributed by atoms with E-state index in [4.69, 9.17) is 0 Å². The summed E-state index contributed by atoms with van der Waals surface area (Å²) in [6, 6.07) is 0. The molecule has 1 spiro atoms. The first kappa shape index (κ1) is 8.81. The zero-order valence-corrected chi connectivity index (χ0v) is 7.17. The van der Waals surface area contributed by atoms with E-state index in [1.54, 1.807) is 0 Å². The fraction of sp³-hybridized carbons (Fsp3) is 0.857. The van der Waals surface area contributed by atoms with Crippen molar-refractivity contribution in [2.24, 2.45) is 5.41 Å². The van der Waals surface area contributed by atoms with Crippen LogP contribution in [0.3, 0.4) is 0 Å². The van der Waals surface area contributed by atoms with Crippen molar-refractivity contribution in [3.63, 3.8) is 0 Å². The molecule has 4 heteroatoms. The maximum atomic E-state index is 11.2. The predicted molar refractivity (Wildman–Crippen MR) is 44.8 cm³/mol. The molecule has 2 rings (SSSR count). The maximum Gasteiger partial charge on any atom is 0.228 e. The summed E-state index contributed by atoms with van der Waals surface area (Å²) in [6.07, 6.45) is 2.22. The lowest BCUT2D eigenvalue weighted by atomic mass is 9.75. The molecule has 2 heterocycles. The van der Waals surface area contributed by atoms with Gasteiger partial charge in [0.05, 0.1) is 5.41 Å². The van der Waals surface area contributed by atoms with Crippen LogP contribution in [0.15, 0.2) is 0 Å². The molecule has 1 amide bonds. The summed E-state index contributed by atoms with van der Waals surface area (Å²) in [7, 11) is 0. The third kappa shape index (κ3) is 1.23. The van der Waals surface area contributed by atoms with E-state index in [1.165, 1.54) is 0 Å². The molecule has 11 heavy (non-hydrogen) atoms. The first-order chi connectivity index (χ1) is 4.83. The van der Waals surface area contributed by atoms with E-state index < -0.39 is 0 Å². The second-order valence-electron chi connectivity index (χ2n) is 3.24. The quantitative estimate of drug-likeness (QED) is 0.542. The average molecular weight is 177 g/mol. The highest BCUT2D eigenvalue weighted by Crippen LogP contribution is 2.30. The standard InChI is InChI=1S/C7H12N2O.ClH/c10-6-7(4-8-5-7)2-1-3-9-6;/h8H,1-5H2,(H,9,10);1H. The van der Waals surface area contributed by atoms with E-state index in [2.05, 4.69) is 10.6 Å². The Bertz CT molecular complexity index is 168. The van der Waals surface area contributed by atoms with Crippen molar-refractivity contribution in [2.75, 3.05) is 19.6 Å². The van der Waals surface area contributed by atoms with Gasteiger partial charge in [0, 0.05) is 19.6 Å². The van der Waals surface area contributed by atoms with Gasteiger partial charge >= 0.3 is 0 Å². The van der Waals surface area contributed by atoms with Crippen LogP contribution >= 0.6 is 12.4 Å². The first-order valence-electron chi connectivity index (χ1n) is 3.83. The molecule has 64 valence electrons. The zero-order valence-electron chi connectivity index (χ0n) is 6.35. The summed E-state index contributed by atoms with van der Waals surface area (Å²) in [6.45, 7) is 2.65. The minimum Gasteiger partial charge on any atom is -0.356 e. The maximum absolute atomic E-state index is 11.2. The Morgan fingerprint density at radius 2 is 2.09 bits per heavy atom. The summed E-state index contributed by atoms with van der Waals surface area (Å²) in [5.74, 6) is 0.262. The van der Waals surface area contributed by atoms with Gasteiger partial charge in [-0.3, -0.25) is 4.79 Å². The number of halogens is 1. The largest absolute Gasteiger partial charge is 0.356 e. The van der Waals surface area contributed by atoms with Crippen LogP contribution in [0, 0.1) is 5.41 Å². The molecule has 2 aliphatic heterocycles. The molecule has 0 unspecified atom stereocenters. The number of nitrogens with one attached hydrogen (secondary N) is 2. The molecule has 2 N–H and O–H groups in total. The lowest BCUT2D eigenvalue weighted by Gasteiger charge is -2.43. The van der Waals surface area contributed by atoms with Crippen molar-refractivity contribution in [2.45, 2.75) is 12.8 Å². The Hall–Kier alpha value is -0.280. The molecule has 2 fully saturated rings. The fourth-order valence-corrected chi connectivity index (χ4v) is 1.69. The molecule has 0 saturated carbocycles. The minimum atomic E-state index is -0.00174. The number of hydrogen-bond donors (Lipinski definition) is 2. The molecule has 0 aromatic heterocycles. The summed E-state index contributed by atoms with van der Waals surface area (Å²) in [5.41, 5.74) is -0.00174. The van der Waals surface area contributed by atoms with Crippen LogP contribution in [-0.2, 0) is 4.79 Å². The Kier molecular flexibility index (Phi) is 2.40. The van der Waals surface area contributed by atoms with Gasteiger partial charge in [0.1, 0.15) is 0 Å². The average Bonchev–Trinajstić information content (AvgIpc) is 1.85. The summed E-state index contributed by atoms with van der Waals surface area (Å²) < 4.78 is 0. The molecule has 2 aliphatic rings.